The summed E-state index contributed by atoms with van der Waals surface area (Å²) in [6.07, 6.45) is 0. The van der Waals surface area contributed by atoms with Crippen molar-refractivity contribution in [3.63, 3.8) is 0 Å². The van der Waals surface area contributed by atoms with Gasteiger partial charge in [-0.05, 0) is 45.0 Å². The highest BCUT2D eigenvalue weighted by Crippen LogP contribution is 2.40. The number of Topliss-reactive ketones (excluding diaryl/α,β-unsaturated/α-hetero) is 1. The first kappa shape index (κ1) is 24.9. The number of amides is 1. The zero-order valence-electron chi connectivity index (χ0n) is 18.6. The Morgan fingerprint density at radius 1 is 1.03 bits per heavy atom. The van der Waals surface area contributed by atoms with Crippen LogP contribution in [0, 0.1) is 0 Å². The minimum absolute atomic E-state index is 0.153. The quantitative estimate of drug-likeness (QED) is 0.377. The number of halogens is 1. The predicted octanol–water partition coefficient (Wildman–Crippen LogP) is 4.83. The molecule has 0 bridgehead atoms. The molecular weight excluding hydrogens is 438 g/mol. The van der Waals surface area contributed by atoms with Crippen molar-refractivity contribution in [2.75, 3.05) is 32.8 Å². The van der Waals surface area contributed by atoms with Gasteiger partial charge in [-0.25, -0.2) is 0 Å². The molecule has 1 unspecified atom stereocenters. The topological polar surface area (TPSA) is 108 Å². The lowest BCUT2D eigenvalue weighted by molar-refractivity contribution is -0.126. The molecule has 9 nitrogen and oxygen atoms in total. The Balaban J connectivity index is 2.31. The number of benzene rings is 2. The molecule has 0 spiro atoms. The maximum absolute atomic E-state index is 12.8. The molecule has 0 aliphatic rings. The number of carbonyl (C=O) groups is 2. The van der Waals surface area contributed by atoms with Crippen LogP contribution in [0.3, 0.4) is 0 Å². The lowest BCUT2D eigenvalue weighted by Gasteiger charge is -2.16. The predicted molar refractivity (Wildman–Crippen MR) is 121 cm³/mol. The second kappa shape index (κ2) is 11.9. The van der Waals surface area contributed by atoms with Crippen LogP contribution in [0.25, 0.3) is 0 Å². The molecule has 0 saturated carbocycles. The van der Waals surface area contributed by atoms with Crippen LogP contribution in [0.5, 0.6) is 23.0 Å². The molecule has 0 saturated heterocycles. The number of anilines is 1. The van der Waals surface area contributed by atoms with Crippen LogP contribution in [0.15, 0.2) is 40.6 Å². The lowest BCUT2D eigenvalue weighted by Crippen LogP contribution is -2.32. The van der Waals surface area contributed by atoms with Gasteiger partial charge in [-0.2, -0.15) is 10.2 Å². The van der Waals surface area contributed by atoms with Gasteiger partial charge in [0.15, 0.2) is 17.3 Å². The molecule has 1 N–H and O–H groups in total. The van der Waals surface area contributed by atoms with Crippen molar-refractivity contribution in [1.29, 1.82) is 0 Å². The summed E-state index contributed by atoms with van der Waals surface area (Å²) in [6, 6.07) is 6.70. The third-order valence-electron chi connectivity index (χ3n) is 4.21. The van der Waals surface area contributed by atoms with Gasteiger partial charge < -0.3 is 24.3 Å². The van der Waals surface area contributed by atoms with E-state index in [0.717, 1.165) is 0 Å². The molecule has 172 valence electrons. The normalized spacial score (nSPS) is 11.7. The Labute approximate surface area is 191 Å². The molecule has 0 aromatic heterocycles. The number of hydrogen-bond acceptors (Lipinski definition) is 8. The first-order valence-electron chi connectivity index (χ1n) is 9.88. The minimum atomic E-state index is -1.40. The van der Waals surface area contributed by atoms with Crippen LogP contribution in [-0.4, -0.2) is 45.2 Å². The van der Waals surface area contributed by atoms with Gasteiger partial charge in [0.2, 0.25) is 6.04 Å². The number of nitrogens with one attached hydrogen (secondary N) is 1. The van der Waals surface area contributed by atoms with Crippen molar-refractivity contribution < 1.29 is 28.5 Å². The first-order valence-corrected chi connectivity index (χ1v) is 10.3. The summed E-state index contributed by atoms with van der Waals surface area (Å²) in [5.41, 5.74) is 0.563. The summed E-state index contributed by atoms with van der Waals surface area (Å²) in [4.78, 5) is 24.9. The first-order chi connectivity index (χ1) is 15.4. The molecule has 2 aromatic rings. The number of azo groups is 1. The van der Waals surface area contributed by atoms with E-state index >= 15 is 0 Å². The molecule has 32 heavy (non-hydrogen) atoms. The SMILES string of the molecule is CCOc1ccc(NC(=O)C(N=Nc2cc(OC)ccc2OC)C(C)=O)c(Cl)c1OCC. The van der Waals surface area contributed by atoms with Gasteiger partial charge in [-0.1, -0.05) is 11.6 Å². The average molecular weight is 464 g/mol. The van der Waals surface area contributed by atoms with Crippen molar-refractivity contribution >= 4 is 34.7 Å². The molecule has 0 heterocycles. The minimum Gasteiger partial charge on any atom is -0.497 e. The highest BCUT2D eigenvalue weighted by molar-refractivity contribution is 6.35. The van der Waals surface area contributed by atoms with Gasteiger partial charge in [-0.15, -0.1) is 0 Å². The standard InChI is InChI=1S/C22H26ClN3O6/c1-6-31-18-11-9-15(19(23)21(18)32-7-2)24-22(28)20(13(3)27)26-25-16-12-14(29-4)8-10-17(16)30-5/h8-12,20H,6-7H2,1-5H3,(H,24,28). The summed E-state index contributed by atoms with van der Waals surface area (Å²) in [5, 5.41) is 10.7. The van der Waals surface area contributed by atoms with Crippen LogP contribution in [0.4, 0.5) is 11.4 Å². The summed E-state index contributed by atoms with van der Waals surface area (Å²) in [6.45, 7) is 5.65. The lowest BCUT2D eigenvalue weighted by atomic mass is 10.2. The second-order valence-electron chi connectivity index (χ2n) is 6.38. The average Bonchev–Trinajstić information content (AvgIpc) is 2.78. The summed E-state index contributed by atoms with van der Waals surface area (Å²) in [7, 11) is 2.98. The Bertz CT molecular complexity index is 996. The number of hydrogen-bond donors (Lipinski definition) is 1. The number of rotatable bonds is 11. The zero-order valence-corrected chi connectivity index (χ0v) is 19.4. The maximum Gasteiger partial charge on any atom is 0.258 e. The molecule has 0 aliphatic heterocycles. The molecule has 0 aliphatic carbocycles. The fraction of sp³-hybridized carbons (Fsp3) is 0.364. The van der Waals surface area contributed by atoms with Crippen molar-refractivity contribution in [3.05, 3.63) is 35.4 Å². The number of ether oxygens (including phenoxy) is 4. The Morgan fingerprint density at radius 2 is 1.72 bits per heavy atom. The number of ketones is 1. The molecule has 0 fully saturated rings. The van der Waals surface area contributed by atoms with Crippen LogP contribution in [-0.2, 0) is 9.59 Å². The Hall–Kier alpha value is -3.33. The summed E-state index contributed by atoms with van der Waals surface area (Å²) < 4.78 is 21.5. The van der Waals surface area contributed by atoms with Gasteiger partial charge in [0.1, 0.15) is 22.2 Å². The van der Waals surface area contributed by atoms with Crippen molar-refractivity contribution in [2.45, 2.75) is 26.8 Å². The zero-order chi connectivity index (χ0) is 23.7. The molecule has 2 rings (SSSR count). The van der Waals surface area contributed by atoms with Crippen LogP contribution >= 0.6 is 11.6 Å². The summed E-state index contributed by atoms with van der Waals surface area (Å²) >= 11 is 6.41. The molecule has 10 heteroatoms. The Morgan fingerprint density at radius 3 is 2.31 bits per heavy atom. The van der Waals surface area contributed by atoms with Crippen LogP contribution < -0.4 is 24.3 Å². The van der Waals surface area contributed by atoms with E-state index in [1.165, 1.54) is 21.1 Å². The highest BCUT2D eigenvalue weighted by atomic mass is 35.5. The number of nitrogens with zero attached hydrogens (tertiary/aromatic N) is 2. The van der Waals surface area contributed by atoms with Gasteiger partial charge in [0.25, 0.3) is 5.91 Å². The van der Waals surface area contributed by atoms with E-state index in [1.807, 2.05) is 6.92 Å². The fourth-order valence-electron chi connectivity index (χ4n) is 2.70. The van der Waals surface area contributed by atoms with E-state index < -0.39 is 17.7 Å². The van der Waals surface area contributed by atoms with Crippen molar-refractivity contribution in [3.8, 4) is 23.0 Å². The smallest absolute Gasteiger partial charge is 0.258 e. The monoisotopic (exact) mass is 463 g/mol. The molecule has 0 radical (unpaired) electrons. The van der Waals surface area contributed by atoms with E-state index in [0.29, 0.717) is 41.9 Å². The largest absolute Gasteiger partial charge is 0.497 e. The molecule has 1 atom stereocenters. The third kappa shape index (κ3) is 6.10. The maximum atomic E-state index is 12.8. The van der Waals surface area contributed by atoms with Gasteiger partial charge in [0.05, 0.1) is 33.1 Å². The van der Waals surface area contributed by atoms with E-state index in [9.17, 15) is 9.59 Å². The van der Waals surface area contributed by atoms with Gasteiger partial charge in [-0.3, -0.25) is 9.59 Å². The third-order valence-corrected chi connectivity index (χ3v) is 4.58. The van der Waals surface area contributed by atoms with E-state index in [4.69, 9.17) is 30.5 Å². The molecular formula is C22H26ClN3O6. The van der Waals surface area contributed by atoms with Crippen LogP contribution in [0.1, 0.15) is 20.8 Å². The second-order valence-corrected chi connectivity index (χ2v) is 6.75. The fourth-order valence-corrected chi connectivity index (χ4v) is 2.96. The molecule has 1 amide bonds. The highest BCUT2D eigenvalue weighted by Gasteiger charge is 2.25. The van der Waals surface area contributed by atoms with E-state index in [1.54, 1.807) is 37.3 Å². The van der Waals surface area contributed by atoms with Crippen molar-refractivity contribution in [2.24, 2.45) is 10.2 Å². The van der Waals surface area contributed by atoms with E-state index in [-0.39, 0.29) is 10.7 Å². The van der Waals surface area contributed by atoms with E-state index in [2.05, 4.69) is 15.5 Å². The number of methoxy groups -OCH3 is 2. The van der Waals surface area contributed by atoms with Crippen molar-refractivity contribution in [1.82, 2.24) is 0 Å². The van der Waals surface area contributed by atoms with Crippen LogP contribution in [0.2, 0.25) is 5.02 Å². The Kier molecular flexibility index (Phi) is 9.27. The van der Waals surface area contributed by atoms with Gasteiger partial charge in [0, 0.05) is 6.07 Å². The van der Waals surface area contributed by atoms with Gasteiger partial charge >= 0.3 is 0 Å². The summed E-state index contributed by atoms with van der Waals surface area (Å²) in [5.74, 6) is 0.486. The number of carbonyl (C=O) groups excluding carboxylic acids is 2. The molecule has 2 aromatic carbocycles.